The Labute approximate surface area is 224 Å². The van der Waals surface area contributed by atoms with E-state index in [4.69, 9.17) is 0 Å². The number of aromatic nitrogens is 1. The maximum atomic E-state index is 9.32. The van der Waals surface area contributed by atoms with E-state index in [1.54, 1.807) is 24.3 Å². The second-order valence-electron chi connectivity index (χ2n) is 8.58. The fraction of sp³-hybridized carbons (Fsp3) is 0.0588. The Balaban J connectivity index is 0.000000515. The highest BCUT2D eigenvalue weighted by molar-refractivity contribution is 6.58. The van der Waals surface area contributed by atoms with Crippen molar-refractivity contribution in [2.75, 3.05) is 0 Å². The van der Waals surface area contributed by atoms with E-state index < -0.39 is 7.12 Å². The van der Waals surface area contributed by atoms with Crippen molar-refractivity contribution in [2.24, 2.45) is 0 Å². The summed E-state index contributed by atoms with van der Waals surface area (Å²) in [4.78, 5) is 0. The van der Waals surface area contributed by atoms with Crippen molar-refractivity contribution in [3.05, 3.63) is 135 Å². The average Bonchev–Trinajstić information content (AvgIpc) is 3.30. The van der Waals surface area contributed by atoms with E-state index in [0.29, 0.717) is 5.46 Å². The normalized spacial score (nSPS) is 10.3. The molecule has 0 amide bonds. The number of para-hydroxylation sites is 1. The monoisotopic (exact) mass is 497 g/mol. The Morgan fingerprint density at radius 1 is 0.605 bits per heavy atom. The molecule has 0 spiro atoms. The van der Waals surface area contributed by atoms with Crippen LogP contribution in [0.5, 0.6) is 0 Å². The first-order valence-electron chi connectivity index (χ1n) is 12.8. The van der Waals surface area contributed by atoms with Gasteiger partial charge in [0.15, 0.2) is 0 Å². The van der Waals surface area contributed by atoms with E-state index >= 15 is 0 Å². The third kappa shape index (κ3) is 5.33. The number of allylic oxidation sites excluding steroid dienone is 2. The van der Waals surface area contributed by atoms with Crippen LogP contribution in [0.4, 0.5) is 0 Å². The highest BCUT2D eigenvalue weighted by atomic mass is 16.4. The Bertz CT molecular complexity index is 1670. The Hall–Kier alpha value is -4.38. The van der Waals surface area contributed by atoms with Crippen LogP contribution < -0.4 is 5.46 Å². The molecular weight excluding hydrogens is 465 g/mol. The van der Waals surface area contributed by atoms with Gasteiger partial charge in [-0.05, 0) is 57.7 Å². The summed E-state index contributed by atoms with van der Waals surface area (Å²) in [6.45, 7) is 10.7. The maximum absolute atomic E-state index is 9.32. The van der Waals surface area contributed by atoms with Gasteiger partial charge in [0, 0.05) is 16.5 Å². The number of hydrogen-bond acceptors (Lipinski definition) is 2. The van der Waals surface area contributed by atoms with E-state index in [9.17, 15) is 10.0 Å². The van der Waals surface area contributed by atoms with E-state index in [1.807, 2.05) is 26.0 Å². The lowest BCUT2D eigenvalue weighted by molar-refractivity contribution is 0.426. The summed E-state index contributed by atoms with van der Waals surface area (Å²) in [5.74, 6) is 0. The molecule has 0 aliphatic heterocycles. The number of fused-ring (bicyclic) bond motifs is 4. The lowest BCUT2D eigenvalue weighted by atomic mass is 9.80. The molecule has 4 heteroatoms. The van der Waals surface area contributed by atoms with Gasteiger partial charge in [0.05, 0.1) is 11.0 Å². The van der Waals surface area contributed by atoms with Gasteiger partial charge in [-0.2, -0.15) is 0 Å². The quantitative estimate of drug-likeness (QED) is 0.194. The number of rotatable bonds is 4. The first kappa shape index (κ1) is 26.7. The van der Waals surface area contributed by atoms with Crippen molar-refractivity contribution in [1.29, 1.82) is 0 Å². The Morgan fingerprint density at radius 2 is 1.13 bits per heavy atom. The van der Waals surface area contributed by atoms with Crippen LogP contribution in [0.2, 0.25) is 0 Å². The summed E-state index contributed by atoms with van der Waals surface area (Å²) < 4.78 is 2.33. The molecule has 6 aromatic rings. The van der Waals surface area contributed by atoms with Crippen molar-refractivity contribution in [3.63, 3.8) is 0 Å². The molecule has 0 radical (unpaired) electrons. The number of benzene rings is 5. The predicted molar refractivity (Wildman–Crippen MR) is 165 cm³/mol. The molecule has 0 aliphatic rings. The highest BCUT2D eigenvalue weighted by Gasteiger charge is 2.14. The lowest BCUT2D eigenvalue weighted by Gasteiger charge is -2.10. The predicted octanol–water partition coefficient (Wildman–Crippen LogP) is 7.67. The van der Waals surface area contributed by atoms with Crippen molar-refractivity contribution in [3.8, 4) is 16.8 Å². The van der Waals surface area contributed by atoms with Crippen LogP contribution in [0.1, 0.15) is 13.8 Å². The molecule has 5 aromatic carbocycles. The van der Waals surface area contributed by atoms with Crippen LogP contribution in [0.25, 0.3) is 49.4 Å². The van der Waals surface area contributed by atoms with Gasteiger partial charge in [-0.1, -0.05) is 118 Å². The molecule has 0 fully saturated rings. The van der Waals surface area contributed by atoms with Gasteiger partial charge in [-0.15, -0.1) is 0 Å². The third-order valence-electron chi connectivity index (χ3n) is 6.37. The summed E-state index contributed by atoms with van der Waals surface area (Å²) in [6.07, 6.45) is 3.28. The van der Waals surface area contributed by atoms with Crippen LogP contribution in [-0.2, 0) is 0 Å². The second kappa shape index (κ2) is 12.2. The van der Waals surface area contributed by atoms with Crippen molar-refractivity contribution >= 4 is 45.2 Å². The van der Waals surface area contributed by atoms with Gasteiger partial charge in [0.1, 0.15) is 0 Å². The summed E-state index contributed by atoms with van der Waals surface area (Å²) in [5, 5.41) is 23.6. The minimum absolute atomic E-state index is 0.489. The smallest absolute Gasteiger partial charge is 0.423 e. The molecule has 1 heterocycles. The molecule has 0 atom stereocenters. The summed E-state index contributed by atoms with van der Waals surface area (Å²) in [7, 11) is -1.45. The third-order valence-corrected chi connectivity index (χ3v) is 6.37. The van der Waals surface area contributed by atoms with Crippen molar-refractivity contribution in [1.82, 2.24) is 4.57 Å². The number of hydrogen-bond donors (Lipinski definition) is 2. The standard InChI is InChI=1S/C28H20BNO2.C4H6.C2H6/c31-29(32)23-13-9-19(10-14-23)20-11-15-24(16-12-20)30-27-8-4-3-7-25(27)26-17-21-5-1-2-6-22(21)18-28(26)30;1-3-4-2;1-2/h1-18,31-32H;3-4H,1-2H2;1-2H3. The van der Waals surface area contributed by atoms with Crippen LogP contribution >= 0.6 is 0 Å². The molecule has 0 saturated carbocycles. The summed E-state index contributed by atoms with van der Waals surface area (Å²) in [5.41, 5.74) is 6.10. The average molecular weight is 497 g/mol. The largest absolute Gasteiger partial charge is 0.488 e. The van der Waals surface area contributed by atoms with Crippen LogP contribution in [0.3, 0.4) is 0 Å². The van der Waals surface area contributed by atoms with Gasteiger partial charge in [0.2, 0.25) is 0 Å². The zero-order valence-corrected chi connectivity index (χ0v) is 21.9. The van der Waals surface area contributed by atoms with Crippen LogP contribution in [-0.4, -0.2) is 21.7 Å². The van der Waals surface area contributed by atoms with Crippen molar-refractivity contribution < 1.29 is 10.0 Å². The van der Waals surface area contributed by atoms with E-state index in [-0.39, 0.29) is 0 Å². The number of nitrogens with zero attached hydrogens (tertiary/aromatic N) is 1. The minimum atomic E-state index is -1.45. The van der Waals surface area contributed by atoms with Crippen LogP contribution in [0, 0.1) is 0 Å². The van der Waals surface area contributed by atoms with E-state index in [2.05, 4.69) is 103 Å². The molecule has 1 aromatic heterocycles. The van der Waals surface area contributed by atoms with Gasteiger partial charge < -0.3 is 14.6 Å². The fourth-order valence-corrected chi connectivity index (χ4v) is 4.58. The summed E-state index contributed by atoms with van der Waals surface area (Å²) in [6, 6.07) is 37.4. The topological polar surface area (TPSA) is 45.4 Å². The highest BCUT2D eigenvalue weighted by Crippen LogP contribution is 2.35. The molecule has 6 rings (SSSR count). The SMILES string of the molecule is C=CC=C.CC.OB(O)c1ccc(-c2ccc(-n3c4ccccc4c4cc5ccccc5cc43)cc2)cc1. The lowest BCUT2D eigenvalue weighted by Crippen LogP contribution is -2.29. The van der Waals surface area contributed by atoms with Gasteiger partial charge >= 0.3 is 7.12 Å². The van der Waals surface area contributed by atoms with Crippen LogP contribution in [0.15, 0.2) is 135 Å². The van der Waals surface area contributed by atoms with E-state index in [0.717, 1.165) is 16.8 Å². The molecule has 0 saturated heterocycles. The fourth-order valence-electron chi connectivity index (χ4n) is 4.58. The molecule has 0 aliphatic carbocycles. The second-order valence-corrected chi connectivity index (χ2v) is 8.58. The molecular formula is C34H32BNO2. The molecule has 188 valence electrons. The first-order valence-corrected chi connectivity index (χ1v) is 12.8. The molecule has 0 unspecified atom stereocenters. The van der Waals surface area contributed by atoms with E-state index in [1.165, 1.54) is 32.6 Å². The van der Waals surface area contributed by atoms with Crippen molar-refractivity contribution in [2.45, 2.75) is 13.8 Å². The minimum Gasteiger partial charge on any atom is -0.423 e. The zero-order valence-electron chi connectivity index (χ0n) is 21.9. The van der Waals surface area contributed by atoms with Gasteiger partial charge in [-0.25, -0.2) is 0 Å². The molecule has 3 nitrogen and oxygen atoms in total. The Kier molecular flexibility index (Phi) is 8.60. The molecule has 2 N–H and O–H groups in total. The Morgan fingerprint density at radius 3 is 1.71 bits per heavy atom. The molecule has 38 heavy (non-hydrogen) atoms. The van der Waals surface area contributed by atoms with Gasteiger partial charge in [0.25, 0.3) is 0 Å². The zero-order chi connectivity index (χ0) is 27.1. The first-order chi connectivity index (χ1) is 18.6. The maximum Gasteiger partial charge on any atom is 0.488 e. The molecule has 0 bridgehead atoms. The van der Waals surface area contributed by atoms with Gasteiger partial charge in [-0.3, -0.25) is 0 Å². The summed E-state index contributed by atoms with van der Waals surface area (Å²) >= 11 is 0.